The van der Waals surface area contributed by atoms with Gasteiger partial charge in [0, 0.05) is 0 Å². The molecule has 98 valence electrons. The highest BCUT2D eigenvalue weighted by Gasteiger charge is 2.38. The maximum absolute atomic E-state index is 11.2. The van der Waals surface area contributed by atoms with Crippen LogP contribution in [0.1, 0.15) is 21.5 Å². The molecule has 0 radical (unpaired) electrons. The minimum Gasteiger partial charge on any atom is -0.535 e. The van der Waals surface area contributed by atoms with Crippen LogP contribution in [-0.4, -0.2) is 34.2 Å². The van der Waals surface area contributed by atoms with Gasteiger partial charge in [0.2, 0.25) is 0 Å². The first-order chi connectivity index (χ1) is 9.04. The zero-order chi connectivity index (χ0) is 14.0. The van der Waals surface area contributed by atoms with Gasteiger partial charge in [0.25, 0.3) is 5.88 Å². The average molecular weight is 277 g/mol. The molecule has 0 unspecified atom stereocenters. The van der Waals surface area contributed by atoms with Crippen LogP contribution in [0.5, 0.6) is 5.75 Å². The molecule has 1 aliphatic heterocycles. The lowest BCUT2D eigenvalue weighted by molar-refractivity contribution is 0.0693. The van der Waals surface area contributed by atoms with E-state index < -0.39 is 13.1 Å². The molecule has 1 aromatic carbocycles. The van der Waals surface area contributed by atoms with Crippen molar-refractivity contribution in [3.05, 3.63) is 40.2 Å². The lowest BCUT2D eigenvalue weighted by Crippen LogP contribution is -2.41. The summed E-state index contributed by atoms with van der Waals surface area (Å²) in [6.07, 6.45) is 0.497. The van der Waals surface area contributed by atoms with E-state index in [0.717, 1.165) is 5.56 Å². The Morgan fingerprint density at radius 1 is 1.68 bits per heavy atom. The maximum atomic E-state index is 11.2. The molecule has 1 atom stereocenters. The molecule has 0 fully saturated rings. The van der Waals surface area contributed by atoms with Gasteiger partial charge in [-0.15, -0.1) is 0 Å². The van der Waals surface area contributed by atoms with Crippen LogP contribution in [0.4, 0.5) is 0 Å². The molecule has 0 saturated carbocycles. The van der Waals surface area contributed by atoms with E-state index in [1.807, 2.05) is 6.07 Å². The molecule has 1 heterocycles. The van der Waals surface area contributed by atoms with Crippen LogP contribution in [0.3, 0.4) is 0 Å². The van der Waals surface area contributed by atoms with E-state index in [4.69, 9.17) is 11.2 Å². The number of thioether (sulfide) groups is 1. The maximum Gasteiger partial charge on any atom is 0.537 e. The molecule has 1 aromatic rings. The van der Waals surface area contributed by atoms with Gasteiger partial charge >= 0.3 is 13.1 Å². The van der Waals surface area contributed by atoms with Crippen molar-refractivity contribution < 1.29 is 19.6 Å². The largest absolute Gasteiger partial charge is 0.537 e. The van der Waals surface area contributed by atoms with E-state index in [-0.39, 0.29) is 22.3 Å². The molecule has 0 saturated heterocycles. The quantitative estimate of drug-likeness (QED) is 0.649. The second kappa shape index (κ2) is 5.55. The minimum atomic E-state index is -1.08. The molecule has 2 N–H and O–H groups in total. The summed E-state index contributed by atoms with van der Waals surface area (Å²) >= 11 is 1.31. The first-order valence-electron chi connectivity index (χ1n) is 5.70. The molecule has 0 spiro atoms. The topological polar surface area (TPSA) is 71.1 Å². The van der Waals surface area contributed by atoms with Crippen LogP contribution in [0.25, 0.3) is 4.85 Å². The Kier molecular flexibility index (Phi) is 4.03. The van der Waals surface area contributed by atoms with E-state index in [2.05, 4.69) is 4.85 Å². The number of fused-ring (bicyclic) bond motifs is 1. The number of carboxylic acid groups (broad SMARTS) is 1. The first-order valence-corrected chi connectivity index (χ1v) is 6.74. The fourth-order valence-electron chi connectivity index (χ4n) is 2.07. The van der Waals surface area contributed by atoms with Crippen LogP contribution in [0.2, 0.25) is 0 Å². The fraction of sp³-hybridized carbons (Fsp3) is 0.333. The molecule has 0 aliphatic carbocycles. The predicted octanol–water partition coefficient (Wildman–Crippen LogP) is 1.63. The van der Waals surface area contributed by atoms with Gasteiger partial charge in [0.15, 0.2) is 0 Å². The predicted molar refractivity (Wildman–Crippen MR) is 73.3 cm³/mol. The summed E-state index contributed by atoms with van der Waals surface area (Å²) in [6.45, 7) is 8.45. The van der Waals surface area contributed by atoms with Crippen LogP contribution >= 0.6 is 11.8 Å². The molecular formula is C12H12BNO4S. The zero-order valence-corrected chi connectivity index (χ0v) is 11.1. The van der Waals surface area contributed by atoms with Gasteiger partial charge in [-0.2, -0.15) is 0 Å². The highest BCUT2D eigenvalue weighted by molar-refractivity contribution is 8.01. The fourth-order valence-corrected chi connectivity index (χ4v) is 2.86. The lowest BCUT2D eigenvalue weighted by Gasteiger charge is -2.27. The summed E-state index contributed by atoms with van der Waals surface area (Å²) in [5, 5.41) is 18.9. The normalized spacial score (nSPS) is 17.3. The van der Waals surface area contributed by atoms with E-state index in [9.17, 15) is 14.9 Å². The van der Waals surface area contributed by atoms with Gasteiger partial charge in [0.1, 0.15) is 11.3 Å². The molecule has 19 heavy (non-hydrogen) atoms. The van der Waals surface area contributed by atoms with Gasteiger partial charge in [-0.3, -0.25) is 0 Å². The monoisotopic (exact) mass is 277 g/mol. The van der Waals surface area contributed by atoms with Crippen LogP contribution in [-0.2, 0) is 6.42 Å². The van der Waals surface area contributed by atoms with Crippen LogP contribution in [0.15, 0.2) is 12.1 Å². The number of aromatic carboxylic acids is 1. The first kappa shape index (κ1) is 13.8. The number of carbonyl (C=O) groups is 1. The second-order valence-electron chi connectivity index (χ2n) is 4.26. The molecule has 0 bridgehead atoms. The number of rotatable bonds is 3. The lowest BCUT2D eigenvalue weighted by atomic mass is 9.77. The van der Waals surface area contributed by atoms with Crippen molar-refractivity contribution in [3.63, 3.8) is 0 Å². The van der Waals surface area contributed by atoms with Crippen molar-refractivity contribution in [2.45, 2.75) is 18.5 Å². The summed E-state index contributed by atoms with van der Waals surface area (Å²) in [5.41, 5.74) is 1.46. The summed E-state index contributed by atoms with van der Waals surface area (Å²) < 4.78 is 5.37. The zero-order valence-electron chi connectivity index (χ0n) is 10.3. The van der Waals surface area contributed by atoms with E-state index in [0.29, 0.717) is 12.0 Å². The molecule has 0 aromatic heterocycles. The Balaban J connectivity index is 2.35. The molecule has 2 rings (SSSR count). The van der Waals surface area contributed by atoms with Crippen LogP contribution < -0.4 is 4.65 Å². The van der Waals surface area contributed by atoms with Gasteiger partial charge in [-0.25, -0.2) is 11.4 Å². The summed E-state index contributed by atoms with van der Waals surface area (Å²) in [7, 11) is -1.08. The highest BCUT2D eigenvalue weighted by Crippen LogP contribution is 2.35. The Hall–Kier alpha value is -1.65. The SMILES string of the molecule is [C-]#[N+]CS[C@H]1Cc2ccc(C)c(C(=O)O)c2OB1O. The van der Waals surface area contributed by atoms with Crippen molar-refractivity contribution in [1.29, 1.82) is 0 Å². The smallest absolute Gasteiger partial charge is 0.535 e. The number of aryl methyl sites for hydroxylation is 1. The molecular weight excluding hydrogens is 265 g/mol. The third-order valence-corrected chi connectivity index (χ3v) is 4.10. The molecule has 1 aliphatic rings. The van der Waals surface area contributed by atoms with Gasteiger partial charge < -0.3 is 19.6 Å². The number of hydrogen-bond acceptors (Lipinski definition) is 4. The van der Waals surface area contributed by atoms with Gasteiger partial charge in [-0.1, -0.05) is 23.9 Å². The standard InChI is InChI=1S/C12H12BNO4S/c1-7-3-4-8-5-9(19-6-14-2)13(17)18-11(8)10(7)12(15)16/h3-4,9,17H,5-6H2,1H3,(H,15,16)/t9-/m0/s1. The average Bonchev–Trinajstić information content (AvgIpc) is 2.36. The molecule has 0 amide bonds. The third kappa shape index (κ3) is 2.70. The van der Waals surface area contributed by atoms with Crippen molar-refractivity contribution in [2.24, 2.45) is 0 Å². The van der Waals surface area contributed by atoms with E-state index in [1.54, 1.807) is 13.0 Å². The third-order valence-electron chi connectivity index (χ3n) is 2.99. The Morgan fingerprint density at radius 3 is 3.05 bits per heavy atom. The van der Waals surface area contributed by atoms with Crippen molar-refractivity contribution >= 4 is 24.8 Å². The number of carboxylic acids is 1. The van der Waals surface area contributed by atoms with Crippen molar-refractivity contribution in [2.75, 3.05) is 5.88 Å². The van der Waals surface area contributed by atoms with E-state index in [1.165, 1.54) is 11.8 Å². The molecule has 5 nitrogen and oxygen atoms in total. The summed E-state index contributed by atoms with van der Waals surface area (Å²) in [4.78, 5) is 14.5. The number of nitrogens with zero attached hydrogens (tertiary/aromatic N) is 1. The second-order valence-corrected chi connectivity index (χ2v) is 5.45. The minimum absolute atomic E-state index is 0.102. The van der Waals surface area contributed by atoms with Gasteiger partial charge in [0.05, 0.1) is 5.15 Å². The van der Waals surface area contributed by atoms with Crippen molar-refractivity contribution in [3.8, 4) is 5.75 Å². The Morgan fingerprint density at radius 2 is 2.42 bits per heavy atom. The summed E-state index contributed by atoms with van der Waals surface area (Å²) in [5.74, 6) is -0.564. The number of hydrogen-bond donors (Lipinski definition) is 2. The Bertz CT molecular complexity index is 557. The highest BCUT2D eigenvalue weighted by atomic mass is 32.2. The van der Waals surface area contributed by atoms with E-state index >= 15 is 0 Å². The van der Waals surface area contributed by atoms with Crippen LogP contribution in [0, 0.1) is 13.5 Å². The van der Waals surface area contributed by atoms with Gasteiger partial charge in [-0.05, 0) is 24.5 Å². The Labute approximate surface area is 115 Å². The summed E-state index contributed by atoms with van der Waals surface area (Å²) in [6, 6.07) is 3.55. The van der Waals surface area contributed by atoms with Crippen molar-refractivity contribution in [1.82, 2.24) is 0 Å². The molecule has 7 heteroatoms. The number of benzene rings is 1.